The Balaban J connectivity index is 2.07. The number of nitrogens with two attached hydrogens (primary N) is 1. The molecule has 112 valence electrons. The standard InChI is InChI=1S/C10H17N5O3S2/c1-7(2)8-9(19-13-12-8)10(16)14-3-5-15(6-4-14)20(11,17)18/h7H,3-6H2,1-2H3,(H2,11,17,18). The lowest BCUT2D eigenvalue weighted by Crippen LogP contribution is -2.52. The molecule has 20 heavy (non-hydrogen) atoms. The quantitative estimate of drug-likeness (QED) is 0.817. The van der Waals surface area contributed by atoms with Gasteiger partial charge < -0.3 is 4.90 Å². The Hall–Kier alpha value is -1.10. The van der Waals surface area contributed by atoms with Crippen molar-refractivity contribution in [2.24, 2.45) is 5.14 Å². The van der Waals surface area contributed by atoms with Crippen molar-refractivity contribution in [1.29, 1.82) is 0 Å². The van der Waals surface area contributed by atoms with Crippen LogP contribution in [0.5, 0.6) is 0 Å². The molecule has 1 aromatic heterocycles. The van der Waals surface area contributed by atoms with E-state index in [2.05, 4.69) is 9.59 Å². The summed E-state index contributed by atoms with van der Waals surface area (Å²) in [4.78, 5) is 14.5. The maximum Gasteiger partial charge on any atom is 0.277 e. The lowest BCUT2D eigenvalue weighted by molar-refractivity contribution is 0.0701. The first kappa shape index (κ1) is 15.3. The van der Waals surface area contributed by atoms with Crippen LogP contribution in [0.25, 0.3) is 0 Å². The van der Waals surface area contributed by atoms with E-state index in [0.29, 0.717) is 23.7 Å². The van der Waals surface area contributed by atoms with Crippen LogP contribution < -0.4 is 5.14 Å². The van der Waals surface area contributed by atoms with Crippen LogP contribution in [0.2, 0.25) is 0 Å². The first-order chi connectivity index (χ1) is 9.30. The molecule has 0 spiro atoms. The third-order valence-electron chi connectivity index (χ3n) is 3.14. The average molecular weight is 319 g/mol. The molecular formula is C10H17N5O3S2. The molecule has 0 bridgehead atoms. The molecule has 0 radical (unpaired) electrons. The predicted octanol–water partition coefficient (Wildman–Crippen LogP) is -0.377. The highest BCUT2D eigenvalue weighted by atomic mass is 32.2. The molecule has 0 atom stereocenters. The Morgan fingerprint density at radius 2 is 1.90 bits per heavy atom. The van der Waals surface area contributed by atoms with Crippen LogP contribution in [0, 0.1) is 0 Å². The maximum absolute atomic E-state index is 12.4. The molecule has 1 aliphatic rings. The lowest BCUT2D eigenvalue weighted by Gasteiger charge is -2.32. The summed E-state index contributed by atoms with van der Waals surface area (Å²) in [6.07, 6.45) is 0. The number of rotatable bonds is 3. The van der Waals surface area contributed by atoms with E-state index in [0.717, 1.165) is 11.5 Å². The maximum atomic E-state index is 12.4. The van der Waals surface area contributed by atoms with Gasteiger partial charge in [0.15, 0.2) is 0 Å². The van der Waals surface area contributed by atoms with E-state index in [1.54, 1.807) is 4.90 Å². The number of hydrogen-bond donors (Lipinski definition) is 1. The van der Waals surface area contributed by atoms with Gasteiger partial charge in [0.2, 0.25) is 0 Å². The summed E-state index contributed by atoms with van der Waals surface area (Å²) in [6.45, 7) is 4.98. The first-order valence-electron chi connectivity index (χ1n) is 6.20. The fourth-order valence-electron chi connectivity index (χ4n) is 2.01. The predicted molar refractivity (Wildman–Crippen MR) is 74.6 cm³/mol. The Morgan fingerprint density at radius 1 is 1.30 bits per heavy atom. The van der Waals surface area contributed by atoms with E-state index < -0.39 is 10.2 Å². The molecule has 0 aromatic carbocycles. The van der Waals surface area contributed by atoms with Gasteiger partial charge >= 0.3 is 0 Å². The molecule has 0 saturated carbocycles. The molecule has 0 unspecified atom stereocenters. The normalized spacial score (nSPS) is 17.7. The van der Waals surface area contributed by atoms with Crippen LogP contribution >= 0.6 is 11.5 Å². The van der Waals surface area contributed by atoms with E-state index in [9.17, 15) is 13.2 Å². The average Bonchev–Trinajstić information content (AvgIpc) is 2.86. The monoisotopic (exact) mass is 319 g/mol. The summed E-state index contributed by atoms with van der Waals surface area (Å²) in [5.41, 5.74) is 0.689. The van der Waals surface area contributed by atoms with E-state index in [4.69, 9.17) is 5.14 Å². The molecule has 8 nitrogen and oxygen atoms in total. The molecule has 1 saturated heterocycles. The van der Waals surface area contributed by atoms with Crippen LogP contribution in [0.1, 0.15) is 35.1 Å². The van der Waals surface area contributed by atoms with E-state index in [-0.39, 0.29) is 24.9 Å². The molecule has 2 N–H and O–H groups in total. The number of aromatic nitrogens is 2. The minimum absolute atomic E-state index is 0.124. The molecule has 0 aliphatic carbocycles. The zero-order valence-corrected chi connectivity index (χ0v) is 12.9. The van der Waals surface area contributed by atoms with Gasteiger partial charge in [-0.15, -0.1) is 5.10 Å². The molecule has 10 heteroatoms. The SMILES string of the molecule is CC(C)c1nnsc1C(=O)N1CCN(S(N)(=O)=O)CC1. The van der Waals surface area contributed by atoms with Crippen LogP contribution in [0.4, 0.5) is 0 Å². The van der Waals surface area contributed by atoms with Gasteiger partial charge in [-0.2, -0.15) is 12.7 Å². The lowest BCUT2D eigenvalue weighted by atomic mass is 10.1. The van der Waals surface area contributed by atoms with Gasteiger partial charge in [-0.1, -0.05) is 18.3 Å². The Morgan fingerprint density at radius 3 is 2.40 bits per heavy atom. The zero-order chi connectivity index (χ0) is 14.9. The zero-order valence-electron chi connectivity index (χ0n) is 11.3. The van der Waals surface area contributed by atoms with Gasteiger partial charge in [-0.3, -0.25) is 4.79 Å². The fraction of sp³-hybridized carbons (Fsp3) is 0.700. The van der Waals surface area contributed by atoms with E-state index in [1.807, 2.05) is 13.8 Å². The third-order valence-corrected chi connectivity index (χ3v) is 4.95. The van der Waals surface area contributed by atoms with Crippen molar-refractivity contribution in [3.05, 3.63) is 10.6 Å². The minimum atomic E-state index is -3.68. The molecule has 1 amide bonds. The number of piperazine rings is 1. The van der Waals surface area contributed by atoms with Gasteiger partial charge in [0, 0.05) is 26.2 Å². The van der Waals surface area contributed by atoms with E-state index >= 15 is 0 Å². The molecule has 1 fully saturated rings. The van der Waals surface area contributed by atoms with Crippen molar-refractivity contribution in [3.8, 4) is 0 Å². The second kappa shape index (κ2) is 5.72. The van der Waals surface area contributed by atoms with Crippen molar-refractivity contribution in [2.45, 2.75) is 19.8 Å². The second-order valence-electron chi connectivity index (χ2n) is 4.88. The van der Waals surface area contributed by atoms with Crippen LogP contribution in [-0.2, 0) is 10.2 Å². The summed E-state index contributed by atoms with van der Waals surface area (Å²) in [7, 11) is -3.68. The highest BCUT2D eigenvalue weighted by Crippen LogP contribution is 2.22. The van der Waals surface area contributed by atoms with Gasteiger partial charge in [0.1, 0.15) is 4.88 Å². The van der Waals surface area contributed by atoms with Gasteiger partial charge in [0.05, 0.1) is 5.69 Å². The molecule has 1 aromatic rings. The van der Waals surface area contributed by atoms with Gasteiger partial charge in [0.25, 0.3) is 16.1 Å². The number of hydrogen-bond acceptors (Lipinski definition) is 6. The largest absolute Gasteiger partial charge is 0.335 e. The number of carbonyl (C=O) groups is 1. The van der Waals surface area contributed by atoms with Crippen molar-refractivity contribution < 1.29 is 13.2 Å². The van der Waals surface area contributed by atoms with Crippen LogP contribution in [0.3, 0.4) is 0 Å². The minimum Gasteiger partial charge on any atom is -0.335 e. The van der Waals surface area contributed by atoms with Crippen LogP contribution in [-0.4, -0.2) is 59.3 Å². The topological polar surface area (TPSA) is 109 Å². The number of carbonyl (C=O) groups excluding carboxylic acids is 1. The highest BCUT2D eigenvalue weighted by Gasteiger charge is 2.29. The summed E-state index contributed by atoms with van der Waals surface area (Å²) in [6, 6.07) is 0. The Bertz CT molecular complexity index is 590. The summed E-state index contributed by atoms with van der Waals surface area (Å²) in [5, 5.41) is 9.05. The summed E-state index contributed by atoms with van der Waals surface area (Å²) < 4.78 is 27.4. The fourth-order valence-corrected chi connectivity index (χ4v) is 3.47. The molecule has 1 aliphatic heterocycles. The van der Waals surface area contributed by atoms with E-state index in [1.165, 1.54) is 4.31 Å². The molecular weight excluding hydrogens is 302 g/mol. The molecule has 2 rings (SSSR count). The molecule has 2 heterocycles. The van der Waals surface area contributed by atoms with Gasteiger partial charge in [-0.05, 0) is 17.5 Å². The third kappa shape index (κ3) is 3.14. The highest BCUT2D eigenvalue weighted by molar-refractivity contribution is 7.86. The number of amides is 1. The smallest absolute Gasteiger partial charge is 0.277 e. The number of nitrogens with zero attached hydrogens (tertiary/aromatic N) is 4. The first-order valence-corrected chi connectivity index (χ1v) is 8.47. The van der Waals surface area contributed by atoms with Crippen molar-refractivity contribution in [2.75, 3.05) is 26.2 Å². The van der Waals surface area contributed by atoms with Crippen molar-refractivity contribution >= 4 is 27.6 Å². The Labute approximate surface area is 121 Å². The summed E-state index contributed by atoms with van der Waals surface area (Å²) in [5.74, 6) is -0.0174. The van der Waals surface area contributed by atoms with Crippen molar-refractivity contribution in [3.63, 3.8) is 0 Å². The second-order valence-corrected chi connectivity index (χ2v) is 7.18. The van der Waals surface area contributed by atoms with Gasteiger partial charge in [-0.25, -0.2) is 5.14 Å². The summed E-state index contributed by atoms with van der Waals surface area (Å²) >= 11 is 1.08. The van der Waals surface area contributed by atoms with Crippen molar-refractivity contribution in [1.82, 2.24) is 18.8 Å². The van der Waals surface area contributed by atoms with Crippen LogP contribution in [0.15, 0.2) is 0 Å². The Kier molecular flexibility index (Phi) is 4.37.